The van der Waals surface area contributed by atoms with E-state index in [4.69, 9.17) is 0 Å². The summed E-state index contributed by atoms with van der Waals surface area (Å²) in [6.45, 7) is 3.08. The van der Waals surface area contributed by atoms with Crippen molar-refractivity contribution in [3.8, 4) is 0 Å². The lowest BCUT2D eigenvalue weighted by Crippen LogP contribution is -2.39. The van der Waals surface area contributed by atoms with E-state index in [1.807, 2.05) is 35.2 Å². The van der Waals surface area contributed by atoms with E-state index in [2.05, 4.69) is 9.97 Å². The quantitative estimate of drug-likeness (QED) is 0.876. The van der Waals surface area contributed by atoms with Gasteiger partial charge in [-0.05, 0) is 24.8 Å². The zero-order valence-electron chi connectivity index (χ0n) is 16.0. The summed E-state index contributed by atoms with van der Waals surface area (Å²) in [4.78, 5) is 48.3. The van der Waals surface area contributed by atoms with Gasteiger partial charge < -0.3 is 14.8 Å². The van der Waals surface area contributed by atoms with E-state index >= 15 is 0 Å². The Kier molecular flexibility index (Phi) is 4.98. The van der Waals surface area contributed by atoms with Crippen molar-refractivity contribution < 1.29 is 9.59 Å². The highest BCUT2D eigenvalue weighted by Gasteiger charge is 2.33. The molecule has 0 saturated carbocycles. The summed E-state index contributed by atoms with van der Waals surface area (Å²) in [5, 5.41) is 0. The minimum absolute atomic E-state index is 0.0187. The van der Waals surface area contributed by atoms with Crippen LogP contribution in [0.1, 0.15) is 48.5 Å². The van der Waals surface area contributed by atoms with Crippen molar-refractivity contribution in [1.82, 2.24) is 19.8 Å². The van der Waals surface area contributed by atoms with Crippen LogP contribution in [-0.4, -0.2) is 44.7 Å². The molecule has 2 amide bonds. The monoisotopic (exact) mass is 380 g/mol. The Morgan fingerprint density at radius 1 is 1.21 bits per heavy atom. The smallest absolute Gasteiger partial charge is 0.254 e. The molecule has 1 aromatic carbocycles. The number of fused-ring (bicyclic) bond motifs is 1. The van der Waals surface area contributed by atoms with Gasteiger partial charge in [-0.25, -0.2) is 4.98 Å². The maximum absolute atomic E-state index is 12.9. The predicted octanol–water partition coefficient (Wildman–Crippen LogP) is 1.58. The Morgan fingerprint density at radius 3 is 2.75 bits per heavy atom. The lowest BCUT2D eigenvalue weighted by Gasteiger charge is -2.28. The number of nitrogens with zero attached hydrogens (tertiary/aromatic N) is 3. The van der Waals surface area contributed by atoms with Gasteiger partial charge >= 0.3 is 0 Å². The second-order valence-electron chi connectivity index (χ2n) is 7.47. The van der Waals surface area contributed by atoms with Gasteiger partial charge in [-0.1, -0.05) is 30.3 Å². The van der Waals surface area contributed by atoms with Crippen LogP contribution in [0, 0.1) is 0 Å². The first-order valence-corrected chi connectivity index (χ1v) is 9.74. The van der Waals surface area contributed by atoms with Gasteiger partial charge in [0.25, 0.3) is 5.56 Å². The molecule has 0 spiro atoms. The lowest BCUT2D eigenvalue weighted by atomic mass is 10.1. The summed E-state index contributed by atoms with van der Waals surface area (Å²) in [6.07, 6.45) is 2.51. The highest BCUT2D eigenvalue weighted by Crippen LogP contribution is 2.30. The van der Waals surface area contributed by atoms with E-state index in [1.165, 1.54) is 6.92 Å². The zero-order chi connectivity index (χ0) is 19.7. The highest BCUT2D eigenvalue weighted by atomic mass is 16.2. The molecule has 7 heteroatoms. The van der Waals surface area contributed by atoms with Crippen LogP contribution in [0.5, 0.6) is 0 Å². The molecule has 2 aliphatic rings. The molecule has 2 aliphatic heterocycles. The first-order chi connectivity index (χ1) is 13.5. The predicted molar refractivity (Wildman–Crippen MR) is 103 cm³/mol. The fourth-order valence-corrected chi connectivity index (χ4v) is 4.11. The Balaban J connectivity index is 1.58. The number of benzene rings is 1. The third-order valence-electron chi connectivity index (χ3n) is 5.62. The van der Waals surface area contributed by atoms with E-state index < -0.39 is 0 Å². The van der Waals surface area contributed by atoms with Gasteiger partial charge in [0.1, 0.15) is 5.82 Å². The first kappa shape index (κ1) is 18.4. The number of likely N-dealkylation sites (tertiary alicyclic amines) is 1. The average molecular weight is 380 g/mol. The number of hydrogen-bond acceptors (Lipinski definition) is 4. The number of hydrogen-bond donors (Lipinski definition) is 1. The SMILES string of the molecule is CC(=O)N1CCc2c(nc(C3CCCN3C(=O)Cc3ccccc3)[nH]c2=O)C1. The second kappa shape index (κ2) is 7.58. The Bertz CT molecular complexity index is 954. The first-order valence-electron chi connectivity index (χ1n) is 9.74. The van der Waals surface area contributed by atoms with Crippen LogP contribution >= 0.6 is 0 Å². The van der Waals surface area contributed by atoms with Gasteiger partial charge in [-0.2, -0.15) is 0 Å². The number of rotatable bonds is 3. The number of aromatic amines is 1. The lowest BCUT2D eigenvalue weighted by molar-refractivity contribution is -0.131. The van der Waals surface area contributed by atoms with E-state index in [-0.39, 0.29) is 23.4 Å². The normalized spacial score (nSPS) is 18.8. The highest BCUT2D eigenvalue weighted by molar-refractivity contribution is 5.79. The largest absolute Gasteiger partial charge is 0.337 e. The van der Waals surface area contributed by atoms with Crippen LogP contribution in [0.4, 0.5) is 0 Å². The maximum atomic E-state index is 12.9. The van der Waals surface area contributed by atoms with Gasteiger partial charge in [-0.15, -0.1) is 0 Å². The molecule has 3 heterocycles. The van der Waals surface area contributed by atoms with E-state index in [0.717, 1.165) is 18.4 Å². The van der Waals surface area contributed by atoms with Gasteiger partial charge in [0.15, 0.2) is 0 Å². The number of carbonyl (C=O) groups is 2. The fourth-order valence-electron chi connectivity index (χ4n) is 4.11. The summed E-state index contributed by atoms with van der Waals surface area (Å²) in [6, 6.07) is 9.44. The number of carbonyl (C=O) groups excluding carboxylic acids is 2. The summed E-state index contributed by atoms with van der Waals surface area (Å²) in [7, 11) is 0. The summed E-state index contributed by atoms with van der Waals surface area (Å²) in [5.41, 5.74) is 2.14. The summed E-state index contributed by atoms with van der Waals surface area (Å²) < 4.78 is 0. The van der Waals surface area contributed by atoms with E-state index in [1.54, 1.807) is 4.90 Å². The molecule has 28 heavy (non-hydrogen) atoms. The number of H-pyrrole nitrogens is 1. The van der Waals surface area contributed by atoms with Gasteiger partial charge in [-0.3, -0.25) is 14.4 Å². The van der Waals surface area contributed by atoms with Crippen molar-refractivity contribution >= 4 is 11.8 Å². The standard InChI is InChI=1S/C21H24N4O3/c1-14(26)24-11-9-16-17(13-24)22-20(23-21(16)28)18-8-5-10-25(18)19(27)12-15-6-3-2-4-7-15/h2-4,6-7,18H,5,8-13H2,1H3,(H,22,23,28). The van der Waals surface area contributed by atoms with Gasteiger partial charge in [0.2, 0.25) is 11.8 Å². The van der Waals surface area contributed by atoms with E-state index in [0.29, 0.717) is 49.6 Å². The number of amides is 2. The molecular weight excluding hydrogens is 356 g/mol. The van der Waals surface area contributed by atoms with Crippen molar-refractivity contribution in [3.63, 3.8) is 0 Å². The van der Waals surface area contributed by atoms with Crippen molar-refractivity contribution in [1.29, 1.82) is 0 Å². The molecule has 1 saturated heterocycles. The van der Waals surface area contributed by atoms with Crippen LogP contribution in [-0.2, 0) is 29.0 Å². The Morgan fingerprint density at radius 2 is 2.00 bits per heavy atom. The molecule has 1 N–H and O–H groups in total. The molecular formula is C21H24N4O3. The molecule has 1 atom stereocenters. The van der Waals surface area contributed by atoms with E-state index in [9.17, 15) is 14.4 Å². The molecule has 1 unspecified atom stereocenters. The third-order valence-corrected chi connectivity index (χ3v) is 5.62. The number of nitrogens with one attached hydrogen (secondary N) is 1. The number of aromatic nitrogens is 2. The second-order valence-corrected chi connectivity index (χ2v) is 7.47. The van der Waals surface area contributed by atoms with Crippen molar-refractivity contribution in [2.24, 2.45) is 0 Å². The molecule has 1 aromatic heterocycles. The molecule has 7 nitrogen and oxygen atoms in total. The fraction of sp³-hybridized carbons (Fsp3) is 0.429. The van der Waals surface area contributed by atoms with Crippen molar-refractivity contribution in [2.75, 3.05) is 13.1 Å². The van der Waals surface area contributed by atoms with Crippen molar-refractivity contribution in [3.05, 3.63) is 63.3 Å². The van der Waals surface area contributed by atoms with Crippen LogP contribution in [0.3, 0.4) is 0 Å². The zero-order valence-corrected chi connectivity index (χ0v) is 16.0. The minimum Gasteiger partial charge on any atom is -0.337 e. The van der Waals surface area contributed by atoms with Crippen LogP contribution in [0.25, 0.3) is 0 Å². The summed E-state index contributed by atoms with van der Waals surface area (Å²) >= 11 is 0. The minimum atomic E-state index is -0.220. The molecule has 0 bridgehead atoms. The van der Waals surface area contributed by atoms with Crippen molar-refractivity contribution in [2.45, 2.75) is 45.2 Å². The molecule has 146 valence electrons. The Labute approximate surface area is 163 Å². The maximum Gasteiger partial charge on any atom is 0.254 e. The average Bonchev–Trinajstić information content (AvgIpc) is 3.18. The van der Waals surface area contributed by atoms with Crippen LogP contribution in [0.15, 0.2) is 35.1 Å². The van der Waals surface area contributed by atoms with Crippen LogP contribution in [0.2, 0.25) is 0 Å². The third kappa shape index (κ3) is 3.56. The topological polar surface area (TPSA) is 86.4 Å². The van der Waals surface area contributed by atoms with Gasteiger partial charge in [0, 0.05) is 25.6 Å². The molecule has 2 aromatic rings. The van der Waals surface area contributed by atoms with Crippen LogP contribution < -0.4 is 5.56 Å². The summed E-state index contributed by atoms with van der Waals surface area (Å²) in [5.74, 6) is 0.558. The Hall–Kier alpha value is -2.96. The molecule has 1 fully saturated rings. The van der Waals surface area contributed by atoms with Gasteiger partial charge in [0.05, 0.1) is 24.7 Å². The molecule has 4 rings (SSSR count). The molecule has 0 radical (unpaired) electrons. The molecule has 0 aliphatic carbocycles.